The van der Waals surface area contributed by atoms with Crippen LogP contribution in [0.25, 0.3) is 0 Å². The van der Waals surface area contributed by atoms with Gasteiger partial charge in [-0.2, -0.15) is 0 Å². The van der Waals surface area contributed by atoms with Gasteiger partial charge in [0.1, 0.15) is 5.75 Å². The van der Waals surface area contributed by atoms with Gasteiger partial charge in [-0.1, -0.05) is 17.7 Å². The minimum absolute atomic E-state index is 0.0282. The Morgan fingerprint density at radius 2 is 2.00 bits per heavy atom. The van der Waals surface area contributed by atoms with Gasteiger partial charge in [0.15, 0.2) is 0 Å². The summed E-state index contributed by atoms with van der Waals surface area (Å²) in [4.78, 5) is 0. The van der Waals surface area contributed by atoms with Crippen molar-refractivity contribution in [2.24, 2.45) is 0 Å². The molecule has 0 radical (unpaired) electrons. The standard InChI is InChI=1S/C13H20O3/c1-10-4-5-12(11(8-10)9-14)16-7-6-13(2,3)15/h4-5,8,14-15H,6-7,9H2,1-3H3. The van der Waals surface area contributed by atoms with E-state index >= 15 is 0 Å². The van der Waals surface area contributed by atoms with Crippen LogP contribution >= 0.6 is 0 Å². The molecule has 0 amide bonds. The summed E-state index contributed by atoms with van der Waals surface area (Å²) in [5.41, 5.74) is 1.17. The van der Waals surface area contributed by atoms with Crippen molar-refractivity contribution < 1.29 is 14.9 Å². The van der Waals surface area contributed by atoms with Crippen LogP contribution in [0.5, 0.6) is 5.75 Å². The van der Waals surface area contributed by atoms with Gasteiger partial charge >= 0.3 is 0 Å². The highest BCUT2D eigenvalue weighted by Crippen LogP contribution is 2.20. The summed E-state index contributed by atoms with van der Waals surface area (Å²) in [7, 11) is 0. The second-order valence-corrected chi connectivity index (χ2v) is 4.68. The lowest BCUT2D eigenvalue weighted by Crippen LogP contribution is -2.22. The van der Waals surface area contributed by atoms with Crippen molar-refractivity contribution in [1.29, 1.82) is 0 Å². The SMILES string of the molecule is Cc1ccc(OCCC(C)(C)O)c(CO)c1. The molecule has 2 N–H and O–H groups in total. The molecule has 90 valence electrons. The van der Waals surface area contributed by atoms with E-state index in [1.54, 1.807) is 13.8 Å². The van der Waals surface area contributed by atoms with Crippen LogP contribution in [0.4, 0.5) is 0 Å². The van der Waals surface area contributed by atoms with Gasteiger partial charge in [0.25, 0.3) is 0 Å². The van der Waals surface area contributed by atoms with E-state index in [1.165, 1.54) is 0 Å². The molecule has 1 rings (SSSR count). The van der Waals surface area contributed by atoms with E-state index in [4.69, 9.17) is 4.74 Å². The minimum atomic E-state index is -0.718. The van der Waals surface area contributed by atoms with Crippen LogP contribution < -0.4 is 4.74 Å². The lowest BCUT2D eigenvalue weighted by Gasteiger charge is -2.18. The fourth-order valence-corrected chi connectivity index (χ4v) is 1.38. The van der Waals surface area contributed by atoms with Crippen molar-refractivity contribution >= 4 is 0 Å². The number of hydrogen-bond acceptors (Lipinski definition) is 3. The van der Waals surface area contributed by atoms with Crippen molar-refractivity contribution in [2.45, 2.75) is 39.4 Å². The van der Waals surface area contributed by atoms with Gasteiger partial charge in [-0.3, -0.25) is 0 Å². The van der Waals surface area contributed by atoms with E-state index in [1.807, 2.05) is 25.1 Å². The summed E-state index contributed by atoms with van der Waals surface area (Å²) in [5.74, 6) is 0.692. The van der Waals surface area contributed by atoms with Crippen molar-refractivity contribution in [3.63, 3.8) is 0 Å². The molecule has 0 fully saturated rings. The first-order chi connectivity index (χ1) is 7.42. The van der Waals surface area contributed by atoms with Gasteiger partial charge < -0.3 is 14.9 Å². The predicted octanol–water partition coefficient (Wildman–Crippen LogP) is 2.03. The zero-order chi connectivity index (χ0) is 12.2. The normalized spacial score (nSPS) is 11.6. The molecule has 1 aromatic carbocycles. The van der Waals surface area contributed by atoms with E-state index < -0.39 is 5.60 Å². The molecule has 0 aliphatic carbocycles. The third-order valence-corrected chi connectivity index (χ3v) is 2.36. The van der Waals surface area contributed by atoms with E-state index in [0.29, 0.717) is 18.8 Å². The van der Waals surface area contributed by atoms with E-state index in [2.05, 4.69) is 0 Å². The van der Waals surface area contributed by atoms with Crippen molar-refractivity contribution in [2.75, 3.05) is 6.61 Å². The maximum atomic E-state index is 9.54. The molecular formula is C13H20O3. The number of aryl methyl sites for hydroxylation is 1. The fraction of sp³-hybridized carbons (Fsp3) is 0.538. The highest BCUT2D eigenvalue weighted by molar-refractivity contribution is 5.36. The van der Waals surface area contributed by atoms with E-state index in [0.717, 1.165) is 11.1 Å². The topological polar surface area (TPSA) is 49.7 Å². The molecule has 0 spiro atoms. The number of ether oxygens (including phenoxy) is 1. The quantitative estimate of drug-likeness (QED) is 0.804. The lowest BCUT2D eigenvalue weighted by atomic mass is 10.1. The monoisotopic (exact) mass is 224 g/mol. The van der Waals surface area contributed by atoms with Gasteiger partial charge in [-0.05, 0) is 26.8 Å². The molecule has 0 atom stereocenters. The molecule has 0 aliphatic rings. The molecule has 3 nitrogen and oxygen atoms in total. The molecule has 0 aromatic heterocycles. The summed E-state index contributed by atoms with van der Waals surface area (Å²) in [5, 5.41) is 18.7. The molecule has 0 saturated carbocycles. The average Bonchev–Trinajstić information content (AvgIpc) is 2.18. The highest BCUT2D eigenvalue weighted by Gasteiger charge is 2.12. The maximum Gasteiger partial charge on any atom is 0.124 e. The van der Waals surface area contributed by atoms with Gasteiger partial charge in [-0.15, -0.1) is 0 Å². The molecule has 16 heavy (non-hydrogen) atoms. The Morgan fingerprint density at radius 3 is 2.56 bits per heavy atom. The van der Waals surface area contributed by atoms with Crippen LogP contribution in [0.2, 0.25) is 0 Å². The van der Waals surface area contributed by atoms with E-state index in [9.17, 15) is 10.2 Å². The highest BCUT2D eigenvalue weighted by atomic mass is 16.5. The Balaban J connectivity index is 2.60. The molecule has 0 bridgehead atoms. The minimum Gasteiger partial charge on any atom is -0.493 e. The smallest absolute Gasteiger partial charge is 0.124 e. The zero-order valence-electron chi connectivity index (χ0n) is 10.2. The first-order valence-corrected chi connectivity index (χ1v) is 5.48. The van der Waals surface area contributed by atoms with Gasteiger partial charge in [0, 0.05) is 12.0 Å². The first-order valence-electron chi connectivity index (χ1n) is 5.48. The van der Waals surface area contributed by atoms with Crippen LogP contribution in [0.1, 0.15) is 31.4 Å². The Morgan fingerprint density at radius 1 is 1.31 bits per heavy atom. The van der Waals surface area contributed by atoms with Gasteiger partial charge in [0.2, 0.25) is 0 Å². The van der Waals surface area contributed by atoms with Gasteiger partial charge in [-0.25, -0.2) is 0 Å². The third-order valence-electron chi connectivity index (χ3n) is 2.36. The fourth-order valence-electron chi connectivity index (χ4n) is 1.38. The number of hydrogen-bond donors (Lipinski definition) is 2. The average molecular weight is 224 g/mol. The summed E-state index contributed by atoms with van der Waals surface area (Å²) in [6.45, 7) is 5.88. The Bertz CT molecular complexity index is 340. The maximum absolute atomic E-state index is 9.54. The molecule has 3 heteroatoms. The van der Waals surface area contributed by atoms with E-state index in [-0.39, 0.29) is 6.61 Å². The Labute approximate surface area is 96.7 Å². The summed E-state index contributed by atoms with van der Waals surface area (Å²) in [6, 6.07) is 5.70. The second kappa shape index (κ2) is 5.32. The van der Waals surface area contributed by atoms with Crippen LogP contribution in [0, 0.1) is 6.92 Å². The van der Waals surface area contributed by atoms with Crippen molar-refractivity contribution in [3.05, 3.63) is 29.3 Å². The Kier molecular flexibility index (Phi) is 4.33. The van der Waals surface area contributed by atoms with Gasteiger partial charge in [0.05, 0.1) is 18.8 Å². The number of rotatable bonds is 5. The number of benzene rings is 1. The molecule has 0 saturated heterocycles. The largest absolute Gasteiger partial charge is 0.493 e. The van der Waals surface area contributed by atoms with Crippen LogP contribution in [0.15, 0.2) is 18.2 Å². The predicted molar refractivity (Wildman–Crippen MR) is 63.5 cm³/mol. The molecule has 0 aliphatic heterocycles. The van der Waals surface area contributed by atoms with Crippen molar-refractivity contribution in [1.82, 2.24) is 0 Å². The molecule has 1 aromatic rings. The molecular weight excluding hydrogens is 204 g/mol. The number of aliphatic hydroxyl groups is 2. The van der Waals surface area contributed by atoms with Crippen LogP contribution in [0.3, 0.4) is 0 Å². The Hall–Kier alpha value is -1.06. The first kappa shape index (κ1) is 13.0. The number of aliphatic hydroxyl groups excluding tert-OH is 1. The summed E-state index contributed by atoms with van der Waals surface area (Å²) >= 11 is 0. The second-order valence-electron chi connectivity index (χ2n) is 4.68. The van der Waals surface area contributed by atoms with Crippen LogP contribution in [-0.4, -0.2) is 22.4 Å². The third kappa shape index (κ3) is 4.21. The zero-order valence-corrected chi connectivity index (χ0v) is 10.2. The molecule has 0 heterocycles. The van der Waals surface area contributed by atoms with Crippen LogP contribution in [-0.2, 0) is 6.61 Å². The lowest BCUT2D eigenvalue weighted by molar-refractivity contribution is 0.0550. The molecule has 0 unspecified atom stereocenters. The summed E-state index contributed by atoms with van der Waals surface area (Å²) in [6.07, 6.45) is 0.561. The summed E-state index contributed by atoms with van der Waals surface area (Å²) < 4.78 is 5.54. The van der Waals surface area contributed by atoms with Crippen molar-refractivity contribution in [3.8, 4) is 5.75 Å².